The van der Waals surface area contributed by atoms with E-state index in [1.165, 1.54) is 17.4 Å². The molecule has 4 heterocycles. The molecule has 3 saturated heterocycles. The molecular formula is C30H33F2N5O5S2. The summed E-state index contributed by atoms with van der Waals surface area (Å²) in [7, 11) is -4.80. The number of halogens is 2. The molecule has 3 aliphatic rings. The molecule has 14 heteroatoms. The Hall–Kier alpha value is -3.65. The summed E-state index contributed by atoms with van der Waals surface area (Å²) < 4.78 is 50.7. The molecule has 1 N–H and O–H groups in total. The maximum atomic E-state index is 13.9. The van der Waals surface area contributed by atoms with E-state index in [-0.39, 0.29) is 29.4 Å². The van der Waals surface area contributed by atoms with Gasteiger partial charge in [0.05, 0.1) is 33.1 Å². The SMILES string of the molecule is CC(C)c1ccc(NC(=O)N2CCC[C@H]2C(=O)N2CC[C@H]3[C@H]2[C@H](C)C(=O)N3c2nc3cc(S(=O)(=O)C(F)F)ccc3s2)cc1. The Morgan fingerprint density at radius 2 is 1.77 bits per heavy atom. The number of hydrogen-bond donors (Lipinski definition) is 1. The van der Waals surface area contributed by atoms with Crippen molar-refractivity contribution in [3.63, 3.8) is 0 Å². The van der Waals surface area contributed by atoms with Crippen LogP contribution in [-0.4, -0.2) is 78.0 Å². The maximum absolute atomic E-state index is 13.9. The van der Waals surface area contributed by atoms with Crippen LogP contribution in [0.25, 0.3) is 10.2 Å². The molecule has 1 aromatic heterocycles. The van der Waals surface area contributed by atoms with Crippen LogP contribution in [0.3, 0.4) is 0 Å². The standard InChI is InChI=1S/C30H33F2N5O5S2/c1-16(2)18-6-8-19(9-7-18)33-29(40)35-13-4-5-23(35)27(39)36-14-12-22-25(36)17(3)26(38)37(22)30-34-21-15-20(10-11-24(21)43-30)44(41,42)28(31)32/h6-11,15-17,22-23,25,28H,4-5,12-14H2,1-3H3,(H,33,40)/t17-,22-,23-,25+/m0/s1. The number of hydrogen-bond acceptors (Lipinski definition) is 7. The predicted molar refractivity (Wildman–Crippen MR) is 163 cm³/mol. The largest absolute Gasteiger partial charge is 0.341 e. The van der Waals surface area contributed by atoms with Crippen molar-refractivity contribution in [2.24, 2.45) is 5.92 Å². The summed E-state index contributed by atoms with van der Waals surface area (Å²) in [6.07, 6.45) is 1.72. The van der Waals surface area contributed by atoms with E-state index in [1.807, 2.05) is 24.3 Å². The minimum Gasteiger partial charge on any atom is -0.335 e. The second-order valence-corrected chi connectivity index (χ2v) is 14.8. The van der Waals surface area contributed by atoms with E-state index in [0.717, 1.165) is 17.7 Å². The van der Waals surface area contributed by atoms with Gasteiger partial charge in [0.2, 0.25) is 21.7 Å². The zero-order valence-electron chi connectivity index (χ0n) is 24.4. The molecule has 44 heavy (non-hydrogen) atoms. The van der Waals surface area contributed by atoms with Crippen LogP contribution in [0.15, 0.2) is 47.4 Å². The average molecular weight is 646 g/mol. The zero-order chi connectivity index (χ0) is 31.5. The van der Waals surface area contributed by atoms with E-state index in [9.17, 15) is 31.6 Å². The van der Waals surface area contributed by atoms with Gasteiger partial charge in [-0.15, -0.1) is 0 Å². The highest BCUT2D eigenvalue weighted by Crippen LogP contribution is 2.43. The third kappa shape index (κ3) is 5.11. The van der Waals surface area contributed by atoms with Crippen molar-refractivity contribution in [3.05, 3.63) is 48.0 Å². The van der Waals surface area contributed by atoms with Gasteiger partial charge in [-0.1, -0.05) is 44.2 Å². The molecule has 3 aromatic rings. The number of nitrogens with zero attached hydrogens (tertiary/aromatic N) is 4. The van der Waals surface area contributed by atoms with Crippen LogP contribution >= 0.6 is 11.3 Å². The first-order chi connectivity index (χ1) is 20.9. The highest BCUT2D eigenvalue weighted by molar-refractivity contribution is 7.91. The van der Waals surface area contributed by atoms with Gasteiger partial charge in [0.1, 0.15) is 6.04 Å². The minimum atomic E-state index is -4.80. The van der Waals surface area contributed by atoms with Gasteiger partial charge >= 0.3 is 11.8 Å². The lowest BCUT2D eigenvalue weighted by atomic mass is 10.0. The smallest absolute Gasteiger partial charge is 0.335 e. The minimum absolute atomic E-state index is 0.187. The van der Waals surface area contributed by atoms with Crippen LogP contribution in [0.5, 0.6) is 0 Å². The number of carbonyl (C=O) groups excluding carboxylic acids is 3. The van der Waals surface area contributed by atoms with E-state index < -0.39 is 38.5 Å². The summed E-state index contributed by atoms with van der Waals surface area (Å²) in [6, 6.07) is 9.51. The number of sulfone groups is 1. The first-order valence-electron chi connectivity index (χ1n) is 14.6. The lowest BCUT2D eigenvalue weighted by Crippen LogP contribution is -2.52. The number of likely N-dealkylation sites (tertiary alicyclic amines) is 2. The second kappa shape index (κ2) is 11.4. The molecule has 3 aliphatic heterocycles. The van der Waals surface area contributed by atoms with Crippen LogP contribution in [0.1, 0.15) is 51.5 Å². The predicted octanol–water partition coefficient (Wildman–Crippen LogP) is 5.06. The van der Waals surface area contributed by atoms with E-state index in [0.29, 0.717) is 53.8 Å². The van der Waals surface area contributed by atoms with Gasteiger partial charge < -0.3 is 15.1 Å². The summed E-state index contributed by atoms with van der Waals surface area (Å²) in [4.78, 5) is 49.5. The molecule has 0 aliphatic carbocycles. The normalized spacial score (nSPS) is 23.8. The molecule has 10 nitrogen and oxygen atoms in total. The number of urea groups is 1. The van der Waals surface area contributed by atoms with Gasteiger partial charge in [0, 0.05) is 18.8 Å². The van der Waals surface area contributed by atoms with E-state index >= 15 is 0 Å². The fourth-order valence-corrected chi connectivity index (χ4v) is 8.34. The molecule has 4 amide bonds. The Morgan fingerprint density at radius 1 is 1.05 bits per heavy atom. The van der Waals surface area contributed by atoms with Crippen molar-refractivity contribution in [1.29, 1.82) is 0 Å². The number of rotatable bonds is 6. The number of nitrogens with one attached hydrogen (secondary N) is 1. The highest BCUT2D eigenvalue weighted by atomic mass is 32.2. The lowest BCUT2D eigenvalue weighted by Gasteiger charge is -2.32. The molecule has 3 fully saturated rings. The summed E-state index contributed by atoms with van der Waals surface area (Å²) in [6.45, 7) is 6.82. The summed E-state index contributed by atoms with van der Waals surface area (Å²) in [5, 5.41) is 3.25. The molecule has 0 radical (unpaired) electrons. The molecule has 6 rings (SSSR count). The number of aromatic nitrogens is 1. The van der Waals surface area contributed by atoms with Gasteiger partial charge in [0.25, 0.3) is 0 Å². The number of amides is 4. The van der Waals surface area contributed by atoms with Gasteiger partial charge in [-0.2, -0.15) is 8.78 Å². The highest BCUT2D eigenvalue weighted by Gasteiger charge is 2.55. The van der Waals surface area contributed by atoms with Crippen molar-refractivity contribution in [3.8, 4) is 0 Å². The van der Waals surface area contributed by atoms with Crippen molar-refractivity contribution < 1.29 is 31.6 Å². The summed E-state index contributed by atoms with van der Waals surface area (Å²) in [5.74, 6) is -4.13. The van der Waals surface area contributed by atoms with Crippen LogP contribution in [0, 0.1) is 5.92 Å². The van der Waals surface area contributed by atoms with Crippen molar-refractivity contribution in [2.75, 3.05) is 23.3 Å². The monoisotopic (exact) mass is 645 g/mol. The fraction of sp³-hybridized carbons (Fsp3) is 0.467. The zero-order valence-corrected chi connectivity index (χ0v) is 26.1. The maximum Gasteiger partial charge on any atom is 0.341 e. The van der Waals surface area contributed by atoms with Crippen LogP contribution in [0.4, 0.5) is 24.4 Å². The van der Waals surface area contributed by atoms with Crippen molar-refractivity contribution in [1.82, 2.24) is 14.8 Å². The quantitative estimate of drug-likeness (QED) is 0.400. The van der Waals surface area contributed by atoms with Gasteiger partial charge in [-0.05, 0) is 61.1 Å². The van der Waals surface area contributed by atoms with E-state index in [4.69, 9.17) is 0 Å². The Morgan fingerprint density at radius 3 is 2.45 bits per heavy atom. The third-order valence-corrected chi connectivity index (χ3v) is 11.3. The Balaban J connectivity index is 1.19. The van der Waals surface area contributed by atoms with E-state index in [1.54, 1.807) is 21.6 Å². The summed E-state index contributed by atoms with van der Waals surface area (Å²) in [5.41, 5.74) is 2.01. The van der Waals surface area contributed by atoms with Gasteiger partial charge in [-0.3, -0.25) is 14.5 Å². The topological polar surface area (TPSA) is 120 Å². The Bertz CT molecular complexity index is 1730. The molecule has 2 aromatic carbocycles. The molecule has 0 spiro atoms. The third-order valence-electron chi connectivity index (χ3n) is 8.92. The number of benzene rings is 2. The van der Waals surface area contributed by atoms with Crippen molar-refractivity contribution in [2.45, 2.75) is 74.7 Å². The number of alkyl halides is 2. The van der Waals surface area contributed by atoms with Crippen molar-refractivity contribution >= 4 is 60.1 Å². The van der Waals surface area contributed by atoms with Gasteiger partial charge in [0.15, 0.2) is 5.13 Å². The van der Waals surface area contributed by atoms with Crippen LogP contribution < -0.4 is 10.2 Å². The first kappa shape index (κ1) is 30.4. The molecule has 0 saturated carbocycles. The number of anilines is 2. The fourth-order valence-electron chi connectivity index (χ4n) is 6.59. The summed E-state index contributed by atoms with van der Waals surface area (Å²) >= 11 is 1.17. The Labute approximate surface area is 257 Å². The number of thiazole rings is 1. The number of fused-ring (bicyclic) bond motifs is 2. The molecule has 4 atom stereocenters. The molecular weight excluding hydrogens is 612 g/mol. The average Bonchev–Trinajstić information content (AvgIpc) is 3.77. The van der Waals surface area contributed by atoms with Crippen LogP contribution in [0.2, 0.25) is 0 Å². The Kier molecular flexibility index (Phi) is 7.85. The number of carbonyl (C=O) groups is 3. The van der Waals surface area contributed by atoms with Gasteiger partial charge in [-0.25, -0.2) is 18.2 Å². The first-order valence-corrected chi connectivity index (χ1v) is 17.0. The van der Waals surface area contributed by atoms with Crippen LogP contribution in [-0.2, 0) is 19.4 Å². The molecule has 0 bridgehead atoms. The second-order valence-electron chi connectivity index (χ2n) is 11.9. The molecule has 0 unspecified atom stereocenters. The molecule has 234 valence electrons. The van der Waals surface area contributed by atoms with E-state index in [2.05, 4.69) is 24.1 Å². The lowest BCUT2D eigenvalue weighted by molar-refractivity contribution is -0.137.